The van der Waals surface area contributed by atoms with Crippen LogP contribution in [-0.2, 0) is 11.2 Å². The molecule has 4 rings (SSSR count). The molecule has 0 atom stereocenters. The molecule has 3 aromatic rings. The molecule has 0 aliphatic carbocycles. The number of ether oxygens (including phenoxy) is 3. The lowest BCUT2D eigenvalue weighted by molar-refractivity contribution is -0.134. The van der Waals surface area contributed by atoms with Crippen molar-refractivity contribution in [2.24, 2.45) is 0 Å². The van der Waals surface area contributed by atoms with Crippen LogP contribution < -0.4 is 14.2 Å². The van der Waals surface area contributed by atoms with E-state index in [-0.39, 0.29) is 18.0 Å². The number of esters is 1. The molecule has 0 saturated carbocycles. The predicted molar refractivity (Wildman–Crippen MR) is 108 cm³/mol. The molecule has 7 nitrogen and oxygen atoms in total. The van der Waals surface area contributed by atoms with E-state index in [0.29, 0.717) is 40.7 Å². The van der Waals surface area contributed by atoms with Gasteiger partial charge in [0.2, 0.25) is 5.78 Å². The highest BCUT2D eigenvalue weighted by molar-refractivity contribution is 6.15. The summed E-state index contributed by atoms with van der Waals surface area (Å²) in [7, 11) is 1.49. The van der Waals surface area contributed by atoms with Crippen LogP contribution in [0.1, 0.15) is 33.7 Å². The Balaban J connectivity index is 1.45. The Morgan fingerprint density at radius 2 is 1.97 bits per heavy atom. The molecule has 0 bridgehead atoms. The summed E-state index contributed by atoms with van der Waals surface area (Å²) in [5, 5.41) is 3.69. The molecule has 2 aromatic carbocycles. The molecule has 2 heterocycles. The molecule has 0 amide bonds. The molecule has 7 heteroatoms. The van der Waals surface area contributed by atoms with Gasteiger partial charge in [-0.25, -0.2) is 0 Å². The number of ketones is 1. The number of rotatable bonds is 6. The highest BCUT2D eigenvalue weighted by Gasteiger charge is 2.30. The number of benzene rings is 2. The molecule has 0 fully saturated rings. The third-order valence-corrected chi connectivity index (χ3v) is 4.59. The Kier molecular flexibility index (Phi) is 5.34. The van der Waals surface area contributed by atoms with Crippen LogP contribution in [-0.4, -0.2) is 24.0 Å². The zero-order valence-electron chi connectivity index (χ0n) is 16.5. The quantitative estimate of drug-likeness (QED) is 0.346. The average Bonchev–Trinajstić information content (AvgIpc) is 3.32. The number of methoxy groups -OCH3 is 1. The van der Waals surface area contributed by atoms with Gasteiger partial charge in [0.15, 0.2) is 5.76 Å². The third kappa shape index (κ3) is 4.10. The van der Waals surface area contributed by atoms with E-state index >= 15 is 0 Å². The van der Waals surface area contributed by atoms with Crippen molar-refractivity contribution in [3.63, 3.8) is 0 Å². The summed E-state index contributed by atoms with van der Waals surface area (Å²) in [5.74, 6) is 1.19. The Bertz CT molecular complexity index is 1130. The van der Waals surface area contributed by atoms with Gasteiger partial charge < -0.3 is 18.7 Å². The summed E-state index contributed by atoms with van der Waals surface area (Å²) >= 11 is 0. The maximum atomic E-state index is 12.7. The predicted octanol–water partition coefficient (Wildman–Crippen LogP) is 4.15. The van der Waals surface area contributed by atoms with Crippen molar-refractivity contribution in [3.8, 4) is 17.4 Å². The minimum absolute atomic E-state index is 0.105. The fourth-order valence-electron chi connectivity index (χ4n) is 3.15. The van der Waals surface area contributed by atoms with Crippen LogP contribution in [0.5, 0.6) is 17.4 Å². The molecule has 0 spiro atoms. The summed E-state index contributed by atoms with van der Waals surface area (Å²) in [6.07, 6.45) is 2.13. The van der Waals surface area contributed by atoms with E-state index in [2.05, 4.69) is 5.16 Å². The van der Waals surface area contributed by atoms with E-state index < -0.39 is 5.97 Å². The topological polar surface area (TPSA) is 87.9 Å². The zero-order valence-corrected chi connectivity index (χ0v) is 16.5. The van der Waals surface area contributed by atoms with Gasteiger partial charge in [0.05, 0.1) is 19.1 Å². The number of Topliss-reactive ketones (excluding diaryl/α,β-unsaturated/α-hetero) is 1. The van der Waals surface area contributed by atoms with Crippen molar-refractivity contribution in [2.45, 2.75) is 19.8 Å². The number of hydrogen-bond acceptors (Lipinski definition) is 7. The first-order valence-corrected chi connectivity index (χ1v) is 9.37. The normalized spacial score (nSPS) is 13.8. The molecule has 1 aliphatic rings. The second kappa shape index (κ2) is 8.24. The average molecular weight is 405 g/mol. The highest BCUT2D eigenvalue weighted by Crippen LogP contribution is 2.37. The molecule has 152 valence electrons. The second-order valence-corrected chi connectivity index (χ2v) is 6.77. The molecule has 30 heavy (non-hydrogen) atoms. The van der Waals surface area contributed by atoms with Crippen LogP contribution >= 0.6 is 0 Å². The van der Waals surface area contributed by atoms with Crippen LogP contribution in [0.25, 0.3) is 6.08 Å². The first-order valence-electron chi connectivity index (χ1n) is 9.37. The van der Waals surface area contributed by atoms with E-state index in [1.807, 2.05) is 30.3 Å². The lowest BCUT2D eigenvalue weighted by atomic mass is 10.0. The van der Waals surface area contributed by atoms with Crippen molar-refractivity contribution < 1.29 is 28.3 Å². The highest BCUT2D eigenvalue weighted by atomic mass is 16.5. The fraction of sp³-hybridized carbons (Fsp3) is 0.174. The first-order chi connectivity index (χ1) is 14.5. The summed E-state index contributed by atoms with van der Waals surface area (Å²) in [4.78, 5) is 24.9. The number of carbonyl (C=O) groups excluding carboxylic acids is 2. The van der Waals surface area contributed by atoms with Crippen LogP contribution in [0.4, 0.5) is 0 Å². The number of aromatic nitrogens is 1. The molecular weight excluding hydrogens is 386 g/mol. The lowest BCUT2D eigenvalue weighted by Crippen LogP contribution is -2.09. The van der Waals surface area contributed by atoms with Gasteiger partial charge >= 0.3 is 5.97 Å². The number of allylic oxidation sites excluding steroid dienone is 1. The zero-order chi connectivity index (χ0) is 21.1. The van der Waals surface area contributed by atoms with Gasteiger partial charge in [-0.3, -0.25) is 9.59 Å². The number of carbonyl (C=O) groups is 2. The van der Waals surface area contributed by atoms with Crippen LogP contribution in [0.3, 0.4) is 0 Å². The van der Waals surface area contributed by atoms with Gasteiger partial charge in [0.1, 0.15) is 17.3 Å². The number of aryl methyl sites for hydroxylation is 2. The SMILES string of the molecule is COc1cc(CCC(=O)Oc2cc(C)c3c(c2)O/C(=C\c2ccccc2)C3=O)on1. The number of hydrogen-bond donors (Lipinski definition) is 0. The molecule has 0 unspecified atom stereocenters. The summed E-state index contributed by atoms with van der Waals surface area (Å²) < 4.78 is 21.2. The Labute approximate surface area is 172 Å². The van der Waals surface area contributed by atoms with Gasteiger partial charge in [-0.15, -0.1) is 0 Å². The van der Waals surface area contributed by atoms with Gasteiger partial charge in [0.25, 0.3) is 5.88 Å². The van der Waals surface area contributed by atoms with Crippen molar-refractivity contribution in [1.29, 1.82) is 0 Å². The Morgan fingerprint density at radius 3 is 2.70 bits per heavy atom. The molecule has 1 aliphatic heterocycles. The summed E-state index contributed by atoms with van der Waals surface area (Å²) in [6.45, 7) is 1.78. The molecule has 0 N–H and O–H groups in total. The van der Waals surface area contributed by atoms with Crippen molar-refractivity contribution in [1.82, 2.24) is 5.16 Å². The minimum atomic E-state index is -0.436. The Morgan fingerprint density at radius 1 is 1.17 bits per heavy atom. The van der Waals surface area contributed by atoms with E-state index in [1.54, 1.807) is 31.2 Å². The van der Waals surface area contributed by atoms with Gasteiger partial charge in [-0.2, -0.15) is 0 Å². The largest absolute Gasteiger partial charge is 0.479 e. The van der Waals surface area contributed by atoms with Gasteiger partial charge in [-0.05, 0) is 35.3 Å². The van der Waals surface area contributed by atoms with Crippen molar-refractivity contribution in [3.05, 3.63) is 76.7 Å². The number of fused-ring (bicyclic) bond motifs is 1. The number of nitrogens with zero attached hydrogens (tertiary/aromatic N) is 1. The maximum absolute atomic E-state index is 12.7. The minimum Gasteiger partial charge on any atom is -0.479 e. The van der Waals surface area contributed by atoms with E-state index in [9.17, 15) is 9.59 Å². The molecular formula is C23H19NO6. The monoisotopic (exact) mass is 405 g/mol. The smallest absolute Gasteiger partial charge is 0.311 e. The molecule has 1 aromatic heterocycles. The van der Waals surface area contributed by atoms with Gasteiger partial charge in [0, 0.05) is 18.6 Å². The van der Waals surface area contributed by atoms with Crippen LogP contribution in [0.15, 0.2) is 58.8 Å². The Hall–Kier alpha value is -3.87. The van der Waals surface area contributed by atoms with E-state index in [0.717, 1.165) is 5.56 Å². The second-order valence-electron chi connectivity index (χ2n) is 6.77. The summed E-state index contributed by atoms with van der Waals surface area (Å²) in [5.41, 5.74) is 2.02. The third-order valence-electron chi connectivity index (χ3n) is 4.59. The summed E-state index contributed by atoms with van der Waals surface area (Å²) in [6, 6.07) is 14.3. The van der Waals surface area contributed by atoms with Crippen LogP contribution in [0.2, 0.25) is 0 Å². The van der Waals surface area contributed by atoms with Crippen molar-refractivity contribution >= 4 is 17.8 Å². The standard InChI is InChI=1S/C23H19NO6/c1-14-10-17(28-21(25)9-8-16-13-20(27-2)24-30-16)12-18-22(14)23(26)19(29-18)11-15-6-4-3-5-7-15/h3-7,10-13H,8-9H2,1-2H3/b19-11-. The van der Waals surface area contributed by atoms with E-state index in [4.69, 9.17) is 18.7 Å². The van der Waals surface area contributed by atoms with Gasteiger partial charge in [-0.1, -0.05) is 30.3 Å². The maximum Gasteiger partial charge on any atom is 0.311 e. The first kappa shape index (κ1) is 19.4. The fourth-order valence-corrected chi connectivity index (χ4v) is 3.15. The molecule has 0 radical (unpaired) electrons. The van der Waals surface area contributed by atoms with E-state index in [1.165, 1.54) is 7.11 Å². The van der Waals surface area contributed by atoms with Crippen molar-refractivity contribution in [2.75, 3.05) is 7.11 Å². The lowest BCUT2D eigenvalue weighted by Gasteiger charge is -2.07. The van der Waals surface area contributed by atoms with Crippen LogP contribution in [0, 0.1) is 6.92 Å². The molecule has 0 saturated heterocycles.